The number of hydrogen-bond acceptors (Lipinski definition) is 4. The highest BCUT2D eigenvalue weighted by atomic mass is 16.6. The first-order valence-electron chi connectivity index (χ1n) is 7.13. The fourth-order valence-corrected chi connectivity index (χ4v) is 1.89. The van der Waals surface area contributed by atoms with Gasteiger partial charge in [-0.05, 0) is 32.8 Å². The van der Waals surface area contributed by atoms with Gasteiger partial charge in [0.25, 0.3) is 0 Å². The Hall–Kier alpha value is -2.14. The van der Waals surface area contributed by atoms with Crippen LogP contribution < -0.4 is 5.73 Å². The molecule has 120 valence electrons. The zero-order valence-corrected chi connectivity index (χ0v) is 13.2. The number of rotatable bonds is 6. The minimum Gasteiger partial charge on any atom is -0.481 e. The zero-order chi connectivity index (χ0) is 16.8. The molecule has 0 bridgehead atoms. The van der Waals surface area contributed by atoms with E-state index in [0.717, 1.165) is 5.56 Å². The summed E-state index contributed by atoms with van der Waals surface area (Å²) in [6.07, 6.45) is 3.87. The highest BCUT2D eigenvalue weighted by Crippen LogP contribution is 2.16. The van der Waals surface area contributed by atoms with E-state index in [4.69, 9.17) is 10.5 Å². The second-order valence-electron chi connectivity index (χ2n) is 6.06. The summed E-state index contributed by atoms with van der Waals surface area (Å²) in [5, 5.41) is 9.22. The lowest BCUT2D eigenvalue weighted by Crippen LogP contribution is -2.43. The number of benzene rings is 1. The fraction of sp³-hybridized carbons (Fsp3) is 0.412. The summed E-state index contributed by atoms with van der Waals surface area (Å²) in [5.41, 5.74) is 6.11. The van der Waals surface area contributed by atoms with Gasteiger partial charge in [0.1, 0.15) is 5.60 Å². The van der Waals surface area contributed by atoms with E-state index in [9.17, 15) is 14.7 Å². The van der Waals surface area contributed by atoms with Gasteiger partial charge < -0.3 is 15.6 Å². The molecule has 5 nitrogen and oxygen atoms in total. The minimum absolute atomic E-state index is 0.269. The molecule has 0 radical (unpaired) electrons. The molecule has 0 aliphatic heterocycles. The molecule has 22 heavy (non-hydrogen) atoms. The molecule has 0 spiro atoms. The Morgan fingerprint density at radius 1 is 1.27 bits per heavy atom. The lowest BCUT2D eigenvalue weighted by molar-refractivity contribution is -0.167. The van der Waals surface area contributed by atoms with Gasteiger partial charge in [0.05, 0.1) is 0 Å². The van der Waals surface area contributed by atoms with E-state index in [1.165, 1.54) is 0 Å². The molecule has 0 heterocycles. The van der Waals surface area contributed by atoms with E-state index in [0.29, 0.717) is 0 Å². The van der Waals surface area contributed by atoms with Crippen molar-refractivity contribution in [2.45, 2.75) is 38.8 Å². The van der Waals surface area contributed by atoms with Gasteiger partial charge in [0, 0.05) is 6.04 Å². The molecule has 0 aliphatic rings. The molecule has 1 rings (SSSR count). The number of aliphatic carboxylic acids is 1. The van der Waals surface area contributed by atoms with Gasteiger partial charge in [-0.2, -0.15) is 0 Å². The first kappa shape index (κ1) is 17.9. The number of carboxylic acids is 1. The Morgan fingerprint density at radius 3 is 2.36 bits per heavy atom. The van der Waals surface area contributed by atoms with E-state index in [2.05, 4.69) is 0 Å². The van der Waals surface area contributed by atoms with Gasteiger partial charge in [-0.3, -0.25) is 9.59 Å². The summed E-state index contributed by atoms with van der Waals surface area (Å²) in [6, 6.07) is 8.72. The number of esters is 1. The van der Waals surface area contributed by atoms with Crippen LogP contribution in [0.4, 0.5) is 0 Å². The van der Waals surface area contributed by atoms with Crippen LogP contribution in [0, 0.1) is 5.92 Å². The SMILES string of the molecule is CC(C)(C)OC(=O)[C@@H](C(=O)O)[C@@H](N)C/C=C/c1ccccc1. The third-order valence-corrected chi connectivity index (χ3v) is 2.87. The number of hydrogen-bond donors (Lipinski definition) is 2. The summed E-state index contributed by atoms with van der Waals surface area (Å²) in [4.78, 5) is 23.3. The first-order valence-corrected chi connectivity index (χ1v) is 7.13. The van der Waals surface area contributed by atoms with Crippen LogP contribution >= 0.6 is 0 Å². The van der Waals surface area contributed by atoms with Gasteiger partial charge >= 0.3 is 11.9 Å². The molecular weight excluding hydrogens is 282 g/mol. The van der Waals surface area contributed by atoms with Crippen LogP contribution in [0.15, 0.2) is 36.4 Å². The van der Waals surface area contributed by atoms with Crippen LogP contribution in [-0.4, -0.2) is 28.7 Å². The van der Waals surface area contributed by atoms with Gasteiger partial charge in [-0.25, -0.2) is 0 Å². The number of carbonyl (C=O) groups is 2. The Bertz CT molecular complexity index is 531. The summed E-state index contributed by atoms with van der Waals surface area (Å²) in [6.45, 7) is 5.06. The zero-order valence-electron chi connectivity index (χ0n) is 13.2. The highest BCUT2D eigenvalue weighted by Gasteiger charge is 2.35. The lowest BCUT2D eigenvalue weighted by atomic mass is 9.97. The van der Waals surface area contributed by atoms with Crippen LogP contribution in [0.25, 0.3) is 6.08 Å². The molecule has 1 aromatic rings. The molecule has 0 saturated heterocycles. The van der Waals surface area contributed by atoms with Crippen molar-refractivity contribution in [3.05, 3.63) is 42.0 Å². The molecule has 0 saturated carbocycles. The molecule has 1 aromatic carbocycles. The largest absolute Gasteiger partial charge is 0.481 e. The molecule has 3 N–H and O–H groups in total. The number of nitrogens with two attached hydrogens (primary N) is 1. The summed E-state index contributed by atoms with van der Waals surface area (Å²) < 4.78 is 5.12. The van der Waals surface area contributed by atoms with E-state index in [-0.39, 0.29) is 6.42 Å². The van der Waals surface area contributed by atoms with Crippen molar-refractivity contribution in [3.63, 3.8) is 0 Å². The topological polar surface area (TPSA) is 89.6 Å². The Balaban J connectivity index is 2.69. The molecule has 0 aromatic heterocycles. The van der Waals surface area contributed by atoms with E-state index in [1.54, 1.807) is 26.8 Å². The fourth-order valence-electron chi connectivity index (χ4n) is 1.89. The number of carbonyl (C=O) groups excluding carboxylic acids is 1. The van der Waals surface area contributed by atoms with Crippen LogP contribution in [0.2, 0.25) is 0 Å². The Morgan fingerprint density at radius 2 is 1.86 bits per heavy atom. The van der Waals surface area contributed by atoms with Gasteiger partial charge in [-0.1, -0.05) is 42.5 Å². The van der Waals surface area contributed by atoms with E-state index >= 15 is 0 Å². The quantitative estimate of drug-likeness (QED) is 0.622. The first-order chi connectivity index (χ1) is 10.2. The molecule has 0 amide bonds. The maximum Gasteiger partial charge on any atom is 0.322 e. The third-order valence-electron chi connectivity index (χ3n) is 2.87. The Kier molecular flexibility index (Phi) is 6.31. The normalized spacial score (nSPS) is 14.5. The molecular formula is C17H23NO4. The predicted molar refractivity (Wildman–Crippen MR) is 85.0 cm³/mol. The molecule has 0 fully saturated rings. The predicted octanol–water partition coefficient (Wildman–Crippen LogP) is 2.46. The van der Waals surface area contributed by atoms with Crippen molar-refractivity contribution in [3.8, 4) is 0 Å². The molecule has 0 unspecified atom stereocenters. The second kappa shape index (κ2) is 7.75. The van der Waals surface area contributed by atoms with E-state index < -0.39 is 29.5 Å². The molecule has 2 atom stereocenters. The number of ether oxygens (including phenoxy) is 1. The van der Waals surface area contributed by atoms with Gasteiger partial charge in [0.2, 0.25) is 0 Å². The van der Waals surface area contributed by atoms with Crippen LogP contribution in [0.3, 0.4) is 0 Å². The summed E-state index contributed by atoms with van der Waals surface area (Å²) in [7, 11) is 0. The van der Waals surface area contributed by atoms with Gasteiger partial charge in [-0.15, -0.1) is 0 Å². The van der Waals surface area contributed by atoms with Crippen molar-refractivity contribution in [1.29, 1.82) is 0 Å². The van der Waals surface area contributed by atoms with Crippen LogP contribution in [0.1, 0.15) is 32.8 Å². The van der Waals surface area contributed by atoms with Gasteiger partial charge in [0.15, 0.2) is 5.92 Å². The maximum atomic E-state index is 12.0. The van der Waals surface area contributed by atoms with Crippen molar-refractivity contribution >= 4 is 18.0 Å². The minimum atomic E-state index is -1.38. The van der Waals surface area contributed by atoms with Crippen LogP contribution in [0.5, 0.6) is 0 Å². The smallest absolute Gasteiger partial charge is 0.322 e. The van der Waals surface area contributed by atoms with Crippen molar-refractivity contribution in [1.82, 2.24) is 0 Å². The van der Waals surface area contributed by atoms with Crippen molar-refractivity contribution in [2.75, 3.05) is 0 Å². The standard InChI is InChI=1S/C17H23NO4/c1-17(2,3)22-16(21)14(15(19)20)13(18)11-7-10-12-8-5-4-6-9-12/h4-10,13-14H,11,18H2,1-3H3,(H,19,20)/b10-7+/t13-,14+/m0/s1. The highest BCUT2D eigenvalue weighted by molar-refractivity contribution is 5.95. The second-order valence-corrected chi connectivity index (χ2v) is 6.06. The third kappa shape index (κ3) is 6.10. The van der Waals surface area contributed by atoms with E-state index in [1.807, 2.05) is 36.4 Å². The van der Waals surface area contributed by atoms with Crippen LogP contribution in [-0.2, 0) is 14.3 Å². The molecule has 5 heteroatoms. The average Bonchev–Trinajstić information content (AvgIpc) is 2.37. The van der Waals surface area contributed by atoms with Crippen molar-refractivity contribution < 1.29 is 19.4 Å². The summed E-state index contributed by atoms with van der Waals surface area (Å²) in [5.74, 6) is -3.45. The number of carboxylic acid groups (broad SMARTS) is 1. The monoisotopic (exact) mass is 305 g/mol. The lowest BCUT2D eigenvalue weighted by Gasteiger charge is -2.24. The maximum absolute atomic E-state index is 12.0. The van der Waals surface area contributed by atoms with Crippen molar-refractivity contribution in [2.24, 2.45) is 11.7 Å². The Labute approximate surface area is 130 Å². The average molecular weight is 305 g/mol. The molecule has 0 aliphatic carbocycles. The summed E-state index contributed by atoms with van der Waals surface area (Å²) >= 11 is 0.